The van der Waals surface area contributed by atoms with Gasteiger partial charge >= 0.3 is 30.8 Å². The summed E-state index contributed by atoms with van der Waals surface area (Å²) in [6, 6.07) is 26.0. The first kappa shape index (κ1) is 44.2. The molecule has 0 unspecified atom stereocenters. The summed E-state index contributed by atoms with van der Waals surface area (Å²) in [6.45, 7) is 3.77. The van der Waals surface area contributed by atoms with Crippen LogP contribution in [0.1, 0.15) is 75.9 Å². The van der Waals surface area contributed by atoms with Crippen LogP contribution >= 0.6 is 0 Å². The summed E-state index contributed by atoms with van der Waals surface area (Å²) in [5, 5.41) is 16.5. The number of amides is 2. The number of carbonyl (C=O) groups excluding carboxylic acids is 3. The van der Waals surface area contributed by atoms with E-state index in [9.17, 15) is 19.2 Å². The maximum Gasteiger partial charge on any atom is 1.00 e. The molecule has 0 bridgehead atoms. The topological polar surface area (TPSA) is 203 Å². The number of rotatable bonds is 10. The second-order valence-electron chi connectivity index (χ2n) is 11.7. The second kappa shape index (κ2) is 20.9. The van der Waals surface area contributed by atoms with E-state index in [1.54, 1.807) is 24.4 Å². The molecule has 6 rings (SSSR count). The first-order valence-corrected chi connectivity index (χ1v) is 16.0. The molecule has 0 fully saturated rings. The van der Waals surface area contributed by atoms with Crippen LogP contribution in [-0.2, 0) is 40.3 Å². The zero-order valence-electron chi connectivity index (χ0n) is 29.8. The number of esters is 1. The molecule has 4 N–H and O–H groups in total. The molecule has 54 heavy (non-hydrogen) atoms. The van der Waals surface area contributed by atoms with Crippen LogP contribution in [-0.4, -0.2) is 61.4 Å². The third-order valence-electron chi connectivity index (χ3n) is 7.73. The van der Waals surface area contributed by atoms with Crippen LogP contribution < -0.4 is 29.5 Å². The number of aromatic nitrogens is 4. The summed E-state index contributed by atoms with van der Waals surface area (Å²) in [5.74, 6) is -1.50. The third kappa shape index (κ3) is 12.6. The molecule has 14 heteroatoms. The van der Waals surface area contributed by atoms with Crippen molar-refractivity contribution < 1.29 is 53.4 Å². The summed E-state index contributed by atoms with van der Waals surface area (Å²) in [4.78, 5) is 62.3. The number of ether oxygens (including phenoxy) is 1. The molecule has 4 aromatic heterocycles. The van der Waals surface area contributed by atoms with Gasteiger partial charge in [-0.15, -0.1) is 0 Å². The molecule has 0 atom stereocenters. The summed E-state index contributed by atoms with van der Waals surface area (Å²) >= 11 is 0. The fourth-order valence-corrected chi connectivity index (χ4v) is 5.23. The van der Waals surface area contributed by atoms with Gasteiger partial charge in [0.15, 0.2) is 0 Å². The number of carboxylic acids is 1. The van der Waals surface area contributed by atoms with Gasteiger partial charge in [-0.05, 0) is 71.8 Å². The van der Waals surface area contributed by atoms with Gasteiger partial charge in [-0.3, -0.25) is 29.5 Å². The number of nitrogens with zero attached hydrogens (tertiary/aromatic N) is 4. The van der Waals surface area contributed by atoms with E-state index in [1.165, 1.54) is 33.2 Å². The number of methoxy groups -OCH3 is 1. The zero-order valence-corrected chi connectivity index (χ0v) is 29.8. The predicted octanol–water partition coefficient (Wildman–Crippen LogP) is 2.66. The van der Waals surface area contributed by atoms with E-state index in [4.69, 9.17) is 9.84 Å². The molecule has 2 aromatic carbocycles. The number of carboxylic acid groups (broad SMARTS) is 1. The molecule has 274 valence electrons. The zero-order chi connectivity index (χ0) is 36.3. The molecule has 0 aliphatic heterocycles. The number of pyridine rings is 4. The Morgan fingerprint density at radius 3 is 1.50 bits per heavy atom. The molecule has 0 spiro atoms. The van der Waals surface area contributed by atoms with Crippen molar-refractivity contribution >= 4 is 45.6 Å². The predicted molar refractivity (Wildman–Crippen MR) is 200 cm³/mol. The molecule has 0 aliphatic rings. The van der Waals surface area contributed by atoms with Crippen molar-refractivity contribution in [1.82, 2.24) is 30.6 Å². The van der Waals surface area contributed by atoms with Gasteiger partial charge in [0.2, 0.25) is 11.8 Å². The monoisotopic (exact) mass is 724 g/mol. The number of benzene rings is 2. The number of nitrogens with one attached hydrogen (secondary N) is 2. The largest absolute Gasteiger partial charge is 1.00 e. The molecule has 0 saturated carbocycles. The normalized spacial score (nSPS) is 9.98. The van der Waals surface area contributed by atoms with E-state index in [0.29, 0.717) is 37.2 Å². The second-order valence-corrected chi connectivity index (χ2v) is 11.7. The number of hydrogen-bond donors (Lipinski definition) is 3. The molecule has 0 radical (unpaired) electrons. The minimum atomic E-state index is -0.960. The summed E-state index contributed by atoms with van der Waals surface area (Å²) in [5.41, 5.74) is 7.64. The fourth-order valence-electron chi connectivity index (χ4n) is 5.23. The first-order valence-electron chi connectivity index (χ1n) is 16.0. The first-order chi connectivity index (χ1) is 24.6. The van der Waals surface area contributed by atoms with Crippen molar-refractivity contribution in [2.75, 3.05) is 7.11 Å². The molecule has 2 amide bonds. The van der Waals surface area contributed by atoms with Crippen molar-refractivity contribution in [3.05, 3.63) is 142 Å². The molecule has 0 aliphatic carbocycles. The van der Waals surface area contributed by atoms with E-state index >= 15 is 0 Å². The van der Waals surface area contributed by atoms with Gasteiger partial charge in [-0.25, -0.2) is 9.59 Å². The van der Waals surface area contributed by atoms with Gasteiger partial charge in [0, 0.05) is 61.2 Å². The van der Waals surface area contributed by atoms with Crippen LogP contribution in [0.25, 0.3) is 21.8 Å². The quantitative estimate of drug-likeness (QED) is 0.138. The average molecular weight is 725 g/mol. The Morgan fingerprint density at radius 1 is 0.630 bits per heavy atom. The van der Waals surface area contributed by atoms with E-state index in [2.05, 4.69) is 36.6 Å². The Balaban J connectivity index is 0.000000354. The van der Waals surface area contributed by atoms with Crippen molar-refractivity contribution in [2.24, 2.45) is 0 Å². The Labute approximate surface area is 325 Å². The smallest absolute Gasteiger partial charge is 0.870 e. The van der Waals surface area contributed by atoms with E-state index < -0.39 is 5.97 Å². The van der Waals surface area contributed by atoms with Crippen molar-refractivity contribution in [3.63, 3.8) is 0 Å². The standard InChI is InChI=1S/C20H19N3O3.C19H17N3O3.CH4.Li.H2O/c1-13(24)22-12-17-5-4-15-9-14(3-6-19(15)23-17)10-18-11-16(7-8-21-18)20(25)26-2;1-12(23)21-11-16-4-3-14-8-13(2-5-18(14)22-16)9-17-10-15(19(24)25)6-7-20-17;;;/h3-9,11H,10,12H2,1-2H3,(H,22,24);2-8,10H,9,11H2,1H3,(H,21,23)(H,24,25);1H4;;1H2/q;;;+1;/p-1. The van der Waals surface area contributed by atoms with Crippen molar-refractivity contribution in [3.8, 4) is 0 Å². The third-order valence-corrected chi connectivity index (χ3v) is 7.73. The van der Waals surface area contributed by atoms with E-state index in [0.717, 1.165) is 50.0 Å². The van der Waals surface area contributed by atoms with Gasteiger partial charge in [-0.2, -0.15) is 0 Å². The van der Waals surface area contributed by atoms with Gasteiger partial charge in [-0.1, -0.05) is 31.7 Å². The van der Waals surface area contributed by atoms with E-state index in [1.807, 2.05) is 54.6 Å². The van der Waals surface area contributed by atoms with Crippen LogP contribution in [0.2, 0.25) is 0 Å². The van der Waals surface area contributed by atoms with Crippen LogP contribution in [0, 0.1) is 0 Å². The maximum absolute atomic E-state index is 11.6. The summed E-state index contributed by atoms with van der Waals surface area (Å²) < 4.78 is 4.74. The summed E-state index contributed by atoms with van der Waals surface area (Å²) in [7, 11) is 1.36. The molecular formula is C40H41LiN6O7. The summed E-state index contributed by atoms with van der Waals surface area (Å²) in [6.07, 6.45) is 4.27. The SMILES string of the molecule is C.CC(=O)NCc1ccc2cc(Cc3cc(C(=O)O)ccn3)ccc2n1.COC(=O)c1ccnc(Cc2ccc3nc(CNC(C)=O)ccc3c2)c1.[Li+].[OH-]. The van der Waals surface area contributed by atoms with Gasteiger partial charge < -0.3 is 26.0 Å². The van der Waals surface area contributed by atoms with Gasteiger partial charge in [0.25, 0.3) is 0 Å². The van der Waals surface area contributed by atoms with Crippen LogP contribution in [0.3, 0.4) is 0 Å². The van der Waals surface area contributed by atoms with Crippen LogP contribution in [0.15, 0.2) is 97.3 Å². The molecule has 0 saturated heterocycles. The Hall–Kier alpha value is -6.00. The molecule has 6 aromatic rings. The minimum Gasteiger partial charge on any atom is -0.870 e. The average Bonchev–Trinajstić information content (AvgIpc) is 3.13. The molecule has 4 heterocycles. The number of fused-ring (bicyclic) bond motifs is 2. The Kier molecular flexibility index (Phi) is 17.1. The maximum atomic E-state index is 11.6. The Bertz CT molecular complexity index is 2250. The minimum absolute atomic E-state index is 0. The number of hydrogen-bond acceptors (Lipinski definition) is 10. The van der Waals surface area contributed by atoms with Crippen LogP contribution in [0.4, 0.5) is 0 Å². The molecular weight excluding hydrogens is 683 g/mol. The van der Waals surface area contributed by atoms with E-state index in [-0.39, 0.29) is 55.1 Å². The number of aromatic carboxylic acids is 1. The van der Waals surface area contributed by atoms with Gasteiger partial charge in [0.1, 0.15) is 0 Å². The Morgan fingerprint density at radius 2 is 1.07 bits per heavy atom. The fraction of sp³-hybridized carbons (Fsp3) is 0.200. The molecule has 13 nitrogen and oxygen atoms in total. The van der Waals surface area contributed by atoms with Crippen molar-refractivity contribution in [1.29, 1.82) is 0 Å². The van der Waals surface area contributed by atoms with Gasteiger partial charge in [0.05, 0.1) is 53.7 Å². The number of carbonyl (C=O) groups is 4. The van der Waals surface area contributed by atoms with Crippen LogP contribution in [0.5, 0.6) is 0 Å². The van der Waals surface area contributed by atoms with Crippen molar-refractivity contribution in [2.45, 2.75) is 47.2 Å².